The maximum atomic E-state index is 10.9. The topological polar surface area (TPSA) is 87.1 Å². The molecule has 0 aliphatic heterocycles. The normalized spacial score (nSPS) is 10.3. The van der Waals surface area contributed by atoms with Crippen LogP contribution in [0.5, 0.6) is 0 Å². The number of carboxylic acid groups (broad SMARTS) is 1. The summed E-state index contributed by atoms with van der Waals surface area (Å²) in [7, 11) is 0. The van der Waals surface area contributed by atoms with Gasteiger partial charge in [-0.05, 0) is 59.3 Å². The Kier molecular flexibility index (Phi) is 4.95. The molecule has 1 heterocycles. The van der Waals surface area contributed by atoms with E-state index in [1.54, 1.807) is 24.3 Å². The van der Waals surface area contributed by atoms with E-state index in [0.717, 1.165) is 21.5 Å². The molecule has 0 fully saturated rings. The quantitative estimate of drug-likeness (QED) is 0.575. The van der Waals surface area contributed by atoms with Gasteiger partial charge in [0.1, 0.15) is 5.82 Å². The number of para-hydroxylation sites is 1. The first-order valence-corrected chi connectivity index (χ1v) is 8.28. The van der Waals surface area contributed by atoms with Gasteiger partial charge < -0.3 is 15.7 Å². The predicted octanol–water partition coefficient (Wildman–Crippen LogP) is 4.73. The molecule has 126 valence electrons. The van der Waals surface area contributed by atoms with Gasteiger partial charge in [0.25, 0.3) is 0 Å². The highest BCUT2D eigenvalue weighted by molar-refractivity contribution is 9.10. The molecule has 0 atom stereocenters. The number of carboxylic acids is 1. The van der Waals surface area contributed by atoms with Crippen molar-refractivity contribution in [2.45, 2.75) is 6.92 Å². The van der Waals surface area contributed by atoms with Gasteiger partial charge in [-0.25, -0.2) is 9.78 Å². The van der Waals surface area contributed by atoms with Gasteiger partial charge in [-0.15, -0.1) is 0 Å². The number of aromatic nitrogens is 2. The minimum absolute atomic E-state index is 0.237. The lowest BCUT2D eigenvalue weighted by atomic mass is 10.2. The second-order valence-corrected chi connectivity index (χ2v) is 6.18. The molecule has 0 bridgehead atoms. The summed E-state index contributed by atoms with van der Waals surface area (Å²) in [5, 5.41) is 15.3. The number of anilines is 4. The van der Waals surface area contributed by atoms with Crippen LogP contribution >= 0.6 is 15.9 Å². The van der Waals surface area contributed by atoms with Crippen molar-refractivity contribution in [2.75, 3.05) is 10.6 Å². The number of aromatic carboxylic acids is 1. The van der Waals surface area contributed by atoms with Crippen LogP contribution in [0.4, 0.5) is 23.1 Å². The van der Waals surface area contributed by atoms with E-state index in [2.05, 4.69) is 36.5 Å². The molecule has 0 aliphatic carbocycles. The van der Waals surface area contributed by atoms with Crippen LogP contribution in [0.25, 0.3) is 0 Å². The Labute approximate surface area is 153 Å². The molecule has 3 rings (SSSR count). The largest absolute Gasteiger partial charge is 0.478 e. The summed E-state index contributed by atoms with van der Waals surface area (Å²) in [5.41, 5.74) is 2.65. The van der Waals surface area contributed by atoms with Gasteiger partial charge in [0.2, 0.25) is 5.95 Å². The summed E-state index contributed by atoms with van der Waals surface area (Å²) in [5.74, 6) is 0.131. The highest BCUT2D eigenvalue weighted by Gasteiger charge is 2.06. The molecule has 0 unspecified atom stereocenters. The van der Waals surface area contributed by atoms with E-state index < -0.39 is 5.97 Å². The maximum absolute atomic E-state index is 10.9. The first kappa shape index (κ1) is 16.9. The van der Waals surface area contributed by atoms with Crippen LogP contribution in [0, 0.1) is 6.92 Å². The zero-order valence-electron chi connectivity index (χ0n) is 13.3. The van der Waals surface area contributed by atoms with Crippen LogP contribution in [-0.2, 0) is 0 Å². The first-order chi connectivity index (χ1) is 12.0. The summed E-state index contributed by atoms with van der Waals surface area (Å²) in [6.07, 6.45) is 0. The number of aryl methyl sites for hydroxylation is 1. The van der Waals surface area contributed by atoms with Gasteiger partial charge in [0.05, 0.1) is 11.3 Å². The first-order valence-electron chi connectivity index (χ1n) is 7.49. The minimum Gasteiger partial charge on any atom is -0.478 e. The maximum Gasteiger partial charge on any atom is 0.335 e. The van der Waals surface area contributed by atoms with E-state index in [1.165, 1.54) is 0 Å². The zero-order chi connectivity index (χ0) is 17.8. The van der Waals surface area contributed by atoms with E-state index in [1.807, 2.05) is 37.3 Å². The zero-order valence-corrected chi connectivity index (χ0v) is 14.9. The highest BCUT2D eigenvalue weighted by Crippen LogP contribution is 2.25. The van der Waals surface area contributed by atoms with Crippen LogP contribution in [0.3, 0.4) is 0 Å². The molecule has 0 aliphatic rings. The Morgan fingerprint density at radius 3 is 2.44 bits per heavy atom. The molecular formula is C18H15BrN4O2. The van der Waals surface area contributed by atoms with Gasteiger partial charge in [-0.3, -0.25) is 0 Å². The van der Waals surface area contributed by atoms with Crippen molar-refractivity contribution in [3.05, 3.63) is 70.3 Å². The summed E-state index contributed by atoms with van der Waals surface area (Å²) in [4.78, 5) is 19.7. The van der Waals surface area contributed by atoms with Crippen molar-refractivity contribution >= 4 is 45.0 Å². The number of carbonyl (C=O) groups is 1. The average Bonchev–Trinajstić information content (AvgIpc) is 2.57. The predicted molar refractivity (Wildman–Crippen MR) is 101 cm³/mol. The third kappa shape index (κ3) is 4.33. The fourth-order valence-corrected chi connectivity index (χ4v) is 2.60. The Balaban J connectivity index is 1.81. The molecule has 0 amide bonds. The molecule has 25 heavy (non-hydrogen) atoms. The lowest BCUT2D eigenvalue weighted by Crippen LogP contribution is -2.03. The van der Waals surface area contributed by atoms with Crippen LogP contribution in [0.1, 0.15) is 16.1 Å². The fraction of sp³-hybridized carbons (Fsp3) is 0.0556. The summed E-state index contributed by atoms with van der Waals surface area (Å²) in [6, 6.07) is 16.0. The Hall–Kier alpha value is -2.93. The van der Waals surface area contributed by atoms with Crippen LogP contribution in [-0.4, -0.2) is 21.0 Å². The van der Waals surface area contributed by atoms with E-state index in [4.69, 9.17) is 5.11 Å². The molecule has 0 saturated carbocycles. The Bertz CT molecular complexity index is 913. The van der Waals surface area contributed by atoms with Crippen LogP contribution in [0.2, 0.25) is 0 Å². The third-order valence-corrected chi connectivity index (χ3v) is 4.07. The molecule has 7 heteroatoms. The highest BCUT2D eigenvalue weighted by atomic mass is 79.9. The standard InChI is InChI=1S/C18H15BrN4O2/c1-11-10-16(21-13-8-6-12(7-9-13)17(24)25)23-18(20-11)22-15-5-3-2-4-14(15)19/h2-10H,1H3,(H,24,25)(H2,20,21,22,23). The number of hydrogen-bond donors (Lipinski definition) is 3. The number of hydrogen-bond acceptors (Lipinski definition) is 5. The SMILES string of the molecule is Cc1cc(Nc2ccc(C(=O)O)cc2)nc(Nc2ccccc2Br)n1. The van der Waals surface area contributed by atoms with E-state index in [9.17, 15) is 4.79 Å². The third-order valence-electron chi connectivity index (χ3n) is 3.38. The number of benzene rings is 2. The molecule has 3 aromatic rings. The van der Waals surface area contributed by atoms with Crippen LogP contribution in [0.15, 0.2) is 59.1 Å². The number of halogens is 1. The molecule has 1 aromatic heterocycles. The smallest absolute Gasteiger partial charge is 0.335 e. The molecule has 0 saturated heterocycles. The van der Waals surface area contributed by atoms with Crippen molar-refractivity contribution in [3.63, 3.8) is 0 Å². The number of rotatable bonds is 5. The monoisotopic (exact) mass is 398 g/mol. The lowest BCUT2D eigenvalue weighted by molar-refractivity contribution is 0.0697. The molecule has 6 nitrogen and oxygen atoms in total. The Morgan fingerprint density at radius 1 is 1.04 bits per heavy atom. The number of nitrogens with one attached hydrogen (secondary N) is 2. The van der Waals surface area contributed by atoms with Crippen LogP contribution < -0.4 is 10.6 Å². The molecule has 3 N–H and O–H groups in total. The van der Waals surface area contributed by atoms with Crippen molar-refractivity contribution in [3.8, 4) is 0 Å². The van der Waals surface area contributed by atoms with Gasteiger partial charge >= 0.3 is 5.97 Å². The van der Waals surface area contributed by atoms with Crippen molar-refractivity contribution < 1.29 is 9.90 Å². The lowest BCUT2D eigenvalue weighted by Gasteiger charge is -2.11. The minimum atomic E-state index is -0.954. The van der Waals surface area contributed by atoms with Crippen molar-refractivity contribution in [1.29, 1.82) is 0 Å². The molecule has 0 radical (unpaired) electrons. The second kappa shape index (κ2) is 7.31. The van der Waals surface area contributed by atoms with Crippen molar-refractivity contribution in [2.24, 2.45) is 0 Å². The van der Waals surface area contributed by atoms with Gasteiger partial charge in [-0.1, -0.05) is 12.1 Å². The summed E-state index contributed by atoms with van der Waals surface area (Å²) < 4.78 is 0.916. The van der Waals surface area contributed by atoms with E-state index in [0.29, 0.717) is 11.8 Å². The second-order valence-electron chi connectivity index (χ2n) is 5.33. The summed E-state index contributed by atoms with van der Waals surface area (Å²) in [6.45, 7) is 1.88. The number of nitrogens with zero attached hydrogens (tertiary/aromatic N) is 2. The van der Waals surface area contributed by atoms with Crippen molar-refractivity contribution in [1.82, 2.24) is 9.97 Å². The van der Waals surface area contributed by atoms with E-state index in [-0.39, 0.29) is 5.56 Å². The molecule has 0 spiro atoms. The van der Waals surface area contributed by atoms with E-state index >= 15 is 0 Å². The fourth-order valence-electron chi connectivity index (χ4n) is 2.22. The molecular weight excluding hydrogens is 384 g/mol. The Morgan fingerprint density at radius 2 is 1.76 bits per heavy atom. The summed E-state index contributed by atoms with van der Waals surface area (Å²) >= 11 is 3.48. The molecule has 2 aromatic carbocycles. The van der Waals surface area contributed by atoms with Gasteiger partial charge in [-0.2, -0.15) is 4.98 Å². The van der Waals surface area contributed by atoms with Gasteiger partial charge in [0.15, 0.2) is 0 Å². The van der Waals surface area contributed by atoms with Gasteiger partial charge in [0, 0.05) is 21.9 Å². The average molecular weight is 399 g/mol.